The molecule has 1 aromatic heterocycles. The average molecular weight is 246 g/mol. The van der Waals surface area contributed by atoms with Gasteiger partial charge in [0.2, 0.25) is 0 Å². The van der Waals surface area contributed by atoms with Gasteiger partial charge < -0.3 is 15.5 Å². The number of nitrogens with zero attached hydrogens (tertiary/aromatic N) is 2. The number of rotatable bonds is 3. The van der Waals surface area contributed by atoms with E-state index < -0.39 is 0 Å². The molecule has 98 valence electrons. The number of pyridine rings is 1. The Morgan fingerprint density at radius 1 is 1.17 bits per heavy atom. The normalized spacial score (nSPS) is 21.2. The highest BCUT2D eigenvalue weighted by Gasteiger charge is 2.15. The monoisotopic (exact) mass is 246 g/mol. The average Bonchev–Trinajstić information content (AvgIpc) is 2.94. The van der Waals surface area contributed by atoms with Crippen molar-refractivity contribution in [2.75, 3.05) is 36.4 Å². The Morgan fingerprint density at radius 2 is 1.94 bits per heavy atom. The van der Waals surface area contributed by atoms with E-state index >= 15 is 0 Å². The van der Waals surface area contributed by atoms with Crippen LogP contribution in [0.25, 0.3) is 0 Å². The van der Waals surface area contributed by atoms with Gasteiger partial charge >= 0.3 is 0 Å². The van der Waals surface area contributed by atoms with Crippen LogP contribution in [0.5, 0.6) is 0 Å². The topological polar surface area (TPSA) is 40.2 Å². The number of aromatic nitrogens is 1. The highest BCUT2D eigenvalue weighted by molar-refractivity contribution is 5.50. The molecule has 0 spiro atoms. The molecule has 0 radical (unpaired) electrons. The molecule has 0 atom stereocenters. The van der Waals surface area contributed by atoms with Gasteiger partial charge in [-0.1, -0.05) is 12.8 Å². The smallest absolute Gasteiger partial charge is 0.126 e. The molecule has 4 heteroatoms. The van der Waals surface area contributed by atoms with Crippen molar-refractivity contribution in [3.8, 4) is 0 Å². The number of anilines is 2. The van der Waals surface area contributed by atoms with Crippen LogP contribution in [0.3, 0.4) is 0 Å². The Kier molecular flexibility index (Phi) is 3.64. The molecule has 3 rings (SSSR count). The van der Waals surface area contributed by atoms with Crippen LogP contribution in [0.2, 0.25) is 0 Å². The van der Waals surface area contributed by atoms with Crippen LogP contribution in [-0.2, 0) is 0 Å². The van der Waals surface area contributed by atoms with Crippen LogP contribution in [0, 0.1) is 0 Å². The molecule has 1 saturated carbocycles. The molecule has 2 aliphatic rings. The van der Waals surface area contributed by atoms with Gasteiger partial charge in [-0.15, -0.1) is 0 Å². The Labute approximate surface area is 109 Å². The first-order chi connectivity index (χ1) is 8.92. The summed E-state index contributed by atoms with van der Waals surface area (Å²) in [7, 11) is 0. The van der Waals surface area contributed by atoms with Gasteiger partial charge in [0.15, 0.2) is 0 Å². The summed E-state index contributed by atoms with van der Waals surface area (Å²) in [6, 6.07) is 4.95. The fraction of sp³-hybridized carbons (Fsp3) is 0.643. The van der Waals surface area contributed by atoms with Gasteiger partial charge in [-0.2, -0.15) is 0 Å². The van der Waals surface area contributed by atoms with Crippen LogP contribution >= 0.6 is 0 Å². The van der Waals surface area contributed by atoms with Gasteiger partial charge in [-0.05, 0) is 25.0 Å². The van der Waals surface area contributed by atoms with E-state index in [1.165, 1.54) is 31.4 Å². The summed E-state index contributed by atoms with van der Waals surface area (Å²) in [6.45, 7) is 4.30. The van der Waals surface area contributed by atoms with E-state index in [1.807, 2.05) is 6.20 Å². The lowest BCUT2D eigenvalue weighted by Gasteiger charge is -2.29. The van der Waals surface area contributed by atoms with Crippen molar-refractivity contribution in [3.05, 3.63) is 18.3 Å². The molecule has 1 aliphatic carbocycles. The summed E-state index contributed by atoms with van der Waals surface area (Å²) >= 11 is 0. The molecule has 0 aromatic carbocycles. The maximum absolute atomic E-state index is 4.54. The molecule has 18 heavy (non-hydrogen) atoms. The molecule has 1 aromatic rings. The maximum Gasteiger partial charge on any atom is 0.126 e. The van der Waals surface area contributed by atoms with E-state index in [1.54, 1.807) is 0 Å². The third-order valence-electron chi connectivity index (χ3n) is 3.94. The minimum Gasteiger partial charge on any atom is -0.368 e. The highest BCUT2D eigenvalue weighted by atomic mass is 15.2. The predicted octanol–water partition coefficient (Wildman–Crippen LogP) is 1.85. The van der Waals surface area contributed by atoms with E-state index in [2.05, 4.69) is 32.7 Å². The molecule has 0 amide bonds. The second kappa shape index (κ2) is 5.57. The van der Waals surface area contributed by atoms with Gasteiger partial charge in [-0.25, -0.2) is 4.98 Å². The van der Waals surface area contributed by atoms with Gasteiger partial charge in [-0.3, -0.25) is 0 Å². The lowest BCUT2D eigenvalue weighted by Crippen LogP contribution is -2.43. The minimum atomic E-state index is 0.641. The molecule has 0 bridgehead atoms. The molecule has 1 aliphatic heterocycles. The van der Waals surface area contributed by atoms with E-state index in [0.29, 0.717) is 6.04 Å². The van der Waals surface area contributed by atoms with E-state index in [0.717, 1.165) is 32.0 Å². The first kappa shape index (κ1) is 11.8. The summed E-state index contributed by atoms with van der Waals surface area (Å²) in [5, 5.41) is 6.90. The van der Waals surface area contributed by atoms with Crippen molar-refractivity contribution in [1.29, 1.82) is 0 Å². The van der Waals surface area contributed by atoms with E-state index in [-0.39, 0.29) is 0 Å². The molecule has 2 fully saturated rings. The van der Waals surface area contributed by atoms with Gasteiger partial charge in [0.1, 0.15) is 5.82 Å². The lowest BCUT2D eigenvalue weighted by atomic mass is 10.2. The summed E-state index contributed by atoms with van der Waals surface area (Å²) in [5.74, 6) is 1.03. The first-order valence-corrected chi connectivity index (χ1v) is 7.10. The van der Waals surface area contributed by atoms with E-state index in [9.17, 15) is 0 Å². The van der Waals surface area contributed by atoms with Crippen LogP contribution in [0.1, 0.15) is 25.7 Å². The minimum absolute atomic E-state index is 0.641. The highest BCUT2D eigenvalue weighted by Crippen LogP contribution is 2.22. The predicted molar refractivity (Wildman–Crippen MR) is 75.2 cm³/mol. The summed E-state index contributed by atoms with van der Waals surface area (Å²) < 4.78 is 0. The molecule has 2 N–H and O–H groups in total. The Hall–Kier alpha value is -1.29. The summed E-state index contributed by atoms with van der Waals surface area (Å²) in [5.41, 5.74) is 1.24. The number of piperazine rings is 1. The zero-order chi connectivity index (χ0) is 12.2. The summed E-state index contributed by atoms with van der Waals surface area (Å²) in [4.78, 5) is 6.94. The van der Waals surface area contributed by atoms with Crippen LogP contribution in [-0.4, -0.2) is 37.2 Å². The number of hydrogen-bond donors (Lipinski definition) is 2. The SMILES string of the molecule is c1cc(NC2CCCC2)ncc1N1CCNCC1. The number of hydrogen-bond acceptors (Lipinski definition) is 4. The van der Waals surface area contributed by atoms with Crippen LogP contribution in [0.4, 0.5) is 11.5 Å². The third kappa shape index (κ3) is 2.75. The quantitative estimate of drug-likeness (QED) is 0.854. The van der Waals surface area contributed by atoms with Crippen molar-refractivity contribution in [1.82, 2.24) is 10.3 Å². The van der Waals surface area contributed by atoms with Crippen molar-refractivity contribution in [2.24, 2.45) is 0 Å². The molecular weight excluding hydrogens is 224 g/mol. The fourth-order valence-electron chi connectivity index (χ4n) is 2.86. The molecule has 0 unspecified atom stereocenters. The second-order valence-electron chi connectivity index (χ2n) is 5.26. The summed E-state index contributed by atoms with van der Waals surface area (Å²) in [6.07, 6.45) is 7.30. The Bertz CT molecular complexity index is 364. The van der Waals surface area contributed by atoms with Gasteiger partial charge in [0, 0.05) is 32.2 Å². The van der Waals surface area contributed by atoms with Crippen LogP contribution < -0.4 is 15.5 Å². The zero-order valence-corrected chi connectivity index (χ0v) is 10.9. The molecule has 4 nitrogen and oxygen atoms in total. The van der Waals surface area contributed by atoms with Crippen molar-refractivity contribution >= 4 is 11.5 Å². The van der Waals surface area contributed by atoms with Crippen molar-refractivity contribution in [3.63, 3.8) is 0 Å². The molecule has 1 saturated heterocycles. The van der Waals surface area contributed by atoms with Crippen molar-refractivity contribution < 1.29 is 0 Å². The van der Waals surface area contributed by atoms with Gasteiger partial charge in [0.05, 0.1) is 11.9 Å². The standard InChI is InChI=1S/C14H22N4/c1-2-4-12(3-1)17-14-6-5-13(11-16-14)18-9-7-15-8-10-18/h5-6,11-12,15H,1-4,7-10H2,(H,16,17). The Balaban J connectivity index is 1.60. The fourth-order valence-corrected chi connectivity index (χ4v) is 2.86. The van der Waals surface area contributed by atoms with Crippen LogP contribution in [0.15, 0.2) is 18.3 Å². The lowest BCUT2D eigenvalue weighted by molar-refractivity contribution is 0.589. The molecular formula is C14H22N4. The number of nitrogens with one attached hydrogen (secondary N) is 2. The van der Waals surface area contributed by atoms with Gasteiger partial charge in [0.25, 0.3) is 0 Å². The van der Waals surface area contributed by atoms with Crippen molar-refractivity contribution in [2.45, 2.75) is 31.7 Å². The largest absolute Gasteiger partial charge is 0.368 e. The third-order valence-corrected chi connectivity index (χ3v) is 3.94. The molecule has 2 heterocycles. The second-order valence-corrected chi connectivity index (χ2v) is 5.26. The Morgan fingerprint density at radius 3 is 2.61 bits per heavy atom. The van der Waals surface area contributed by atoms with E-state index in [4.69, 9.17) is 0 Å². The maximum atomic E-state index is 4.54. The zero-order valence-electron chi connectivity index (χ0n) is 10.9. The first-order valence-electron chi connectivity index (χ1n) is 7.10.